The molecule has 1 fully saturated rings. The molecule has 0 bridgehead atoms. The van der Waals surface area contributed by atoms with Crippen LogP contribution in [0.5, 0.6) is 0 Å². The van der Waals surface area contributed by atoms with Gasteiger partial charge in [0.05, 0.1) is 23.7 Å². The van der Waals surface area contributed by atoms with Crippen LogP contribution in [0.1, 0.15) is 44.9 Å². The van der Waals surface area contributed by atoms with Crippen LogP contribution in [0.15, 0.2) is 6.20 Å². The molecule has 2 atom stereocenters. The molecule has 0 amide bonds. The number of morpholine rings is 1. The second kappa shape index (κ2) is 7.95. The topological polar surface area (TPSA) is 76.5 Å². The van der Waals surface area contributed by atoms with E-state index in [0.717, 1.165) is 11.3 Å². The smallest absolute Gasteiger partial charge is 0.215 e. The Morgan fingerprint density at radius 3 is 2.54 bits per heavy atom. The largest absolute Gasteiger partial charge is 0.373 e. The predicted octanol–water partition coefficient (Wildman–Crippen LogP) is 1.07. The highest BCUT2D eigenvalue weighted by atomic mass is 32.2. The van der Waals surface area contributed by atoms with Crippen molar-refractivity contribution < 1.29 is 13.2 Å². The average molecular weight is 359 g/mol. The minimum absolute atomic E-state index is 0.0551. The summed E-state index contributed by atoms with van der Waals surface area (Å²) in [6, 6.07) is 0. The first-order chi connectivity index (χ1) is 11.2. The molecule has 1 aliphatic rings. The lowest BCUT2D eigenvalue weighted by Gasteiger charge is -2.34. The van der Waals surface area contributed by atoms with Gasteiger partial charge in [-0.2, -0.15) is 9.40 Å². The first kappa shape index (κ1) is 19.4. The Morgan fingerprint density at radius 1 is 1.33 bits per heavy atom. The highest BCUT2D eigenvalue weighted by Gasteiger charge is 2.30. The number of sulfonamides is 1. The van der Waals surface area contributed by atoms with Gasteiger partial charge >= 0.3 is 0 Å². The molecule has 1 aromatic rings. The summed E-state index contributed by atoms with van der Waals surface area (Å²) < 4.78 is 33.9. The molecule has 138 valence electrons. The normalized spacial score (nSPS) is 23.1. The molecule has 1 saturated heterocycles. The summed E-state index contributed by atoms with van der Waals surface area (Å²) in [5.41, 5.74) is 2.18. The fourth-order valence-corrected chi connectivity index (χ4v) is 4.62. The van der Waals surface area contributed by atoms with Gasteiger partial charge in [0, 0.05) is 45.0 Å². The van der Waals surface area contributed by atoms with E-state index in [2.05, 4.69) is 24.3 Å². The minimum atomic E-state index is -3.25. The molecule has 2 rings (SSSR count). The van der Waals surface area contributed by atoms with Gasteiger partial charge in [-0.3, -0.25) is 4.68 Å². The van der Waals surface area contributed by atoms with E-state index in [1.165, 1.54) is 0 Å². The Labute approximate surface area is 145 Å². The van der Waals surface area contributed by atoms with E-state index in [4.69, 9.17) is 4.74 Å². The Kier molecular flexibility index (Phi) is 6.41. The van der Waals surface area contributed by atoms with Crippen molar-refractivity contribution in [2.24, 2.45) is 7.05 Å². The van der Waals surface area contributed by atoms with Gasteiger partial charge in [0.1, 0.15) is 0 Å². The maximum absolute atomic E-state index is 12.5. The zero-order valence-electron chi connectivity index (χ0n) is 15.3. The zero-order valence-corrected chi connectivity index (χ0v) is 16.1. The molecule has 0 aromatic carbocycles. The van der Waals surface area contributed by atoms with Crippen LogP contribution in [0.2, 0.25) is 0 Å². The van der Waals surface area contributed by atoms with Crippen molar-refractivity contribution in [3.8, 4) is 0 Å². The standard InChI is InChI=1S/C16H30N4O3S/c1-12(2)16-15(11-19(5)18-16)8-17-6-7-24(21,22)20-9-13(3)23-14(4)10-20/h11-14,17H,6-10H2,1-5H3. The van der Waals surface area contributed by atoms with E-state index in [-0.39, 0.29) is 18.0 Å². The zero-order chi connectivity index (χ0) is 17.9. The third kappa shape index (κ3) is 5.02. The van der Waals surface area contributed by atoms with Gasteiger partial charge in [0.15, 0.2) is 0 Å². The number of nitrogens with zero attached hydrogens (tertiary/aromatic N) is 3. The molecule has 1 aromatic heterocycles. The maximum atomic E-state index is 12.5. The first-order valence-corrected chi connectivity index (χ1v) is 10.2. The average Bonchev–Trinajstić information content (AvgIpc) is 2.84. The number of ether oxygens (including phenoxy) is 1. The van der Waals surface area contributed by atoms with Crippen molar-refractivity contribution in [1.29, 1.82) is 0 Å². The molecule has 0 aliphatic carbocycles. The third-order valence-electron chi connectivity index (χ3n) is 4.12. The predicted molar refractivity (Wildman–Crippen MR) is 94.4 cm³/mol. The number of aromatic nitrogens is 2. The van der Waals surface area contributed by atoms with Crippen molar-refractivity contribution >= 4 is 10.0 Å². The van der Waals surface area contributed by atoms with Gasteiger partial charge in [0.25, 0.3) is 0 Å². The van der Waals surface area contributed by atoms with Crippen molar-refractivity contribution in [1.82, 2.24) is 19.4 Å². The molecule has 0 radical (unpaired) electrons. The highest BCUT2D eigenvalue weighted by Crippen LogP contribution is 2.17. The Balaban J connectivity index is 1.85. The summed E-state index contributed by atoms with van der Waals surface area (Å²) in [5, 5.41) is 7.70. The van der Waals surface area contributed by atoms with Gasteiger partial charge in [0.2, 0.25) is 10.0 Å². The quantitative estimate of drug-likeness (QED) is 0.738. The summed E-state index contributed by atoms with van der Waals surface area (Å²) in [6.07, 6.45) is 1.88. The minimum Gasteiger partial charge on any atom is -0.373 e. The van der Waals surface area contributed by atoms with Crippen LogP contribution in [0.3, 0.4) is 0 Å². The Hall–Kier alpha value is -0.960. The number of nitrogens with one attached hydrogen (secondary N) is 1. The van der Waals surface area contributed by atoms with Gasteiger partial charge < -0.3 is 10.1 Å². The van der Waals surface area contributed by atoms with Crippen LogP contribution >= 0.6 is 0 Å². The van der Waals surface area contributed by atoms with E-state index in [9.17, 15) is 8.42 Å². The van der Waals surface area contributed by atoms with E-state index in [1.54, 1.807) is 8.99 Å². The van der Waals surface area contributed by atoms with E-state index in [0.29, 0.717) is 32.1 Å². The molecule has 1 N–H and O–H groups in total. The van der Waals surface area contributed by atoms with E-state index in [1.807, 2.05) is 27.1 Å². The van der Waals surface area contributed by atoms with Gasteiger partial charge in [-0.1, -0.05) is 13.8 Å². The first-order valence-electron chi connectivity index (χ1n) is 8.55. The fourth-order valence-electron chi connectivity index (χ4n) is 3.09. The lowest BCUT2D eigenvalue weighted by Crippen LogP contribution is -2.49. The summed E-state index contributed by atoms with van der Waals surface area (Å²) in [5.74, 6) is 0.451. The number of hydrogen-bond donors (Lipinski definition) is 1. The molecule has 0 spiro atoms. The van der Waals surface area contributed by atoms with E-state index >= 15 is 0 Å². The van der Waals surface area contributed by atoms with Gasteiger partial charge in [-0.25, -0.2) is 8.42 Å². The highest BCUT2D eigenvalue weighted by molar-refractivity contribution is 7.89. The fraction of sp³-hybridized carbons (Fsp3) is 0.812. The molecule has 2 unspecified atom stereocenters. The summed E-state index contributed by atoms with van der Waals surface area (Å²) >= 11 is 0. The number of hydrogen-bond acceptors (Lipinski definition) is 5. The van der Waals surface area contributed by atoms with Gasteiger partial charge in [-0.15, -0.1) is 0 Å². The molecule has 8 heteroatoms. The molecule has 24 heavy (non-hydrogen) atoms. The van der Waals surface area contributed by atoms with Crippen LogP contribution in [0.25, 0.3) is 0 Å². The van der Waals surface area contributed by atoms with Crippen molar-refractivity contribution in [3.63, 3.8) is 0 Å². The van der Waals surface area contributed by atoms with Crippen LogP contribution in [0, 0.1) is 0 Å². The van der Waals surface area contributed by atoms with Crippen molar-refractivity contribution in [2.45, 2.75) is 52.4 Å². The molecule has 0 saturated carbocycles. The second-order valence-corrected chi connectivity index (χ2v) is 9.02. The third-order valence-corrected chi connectivity index (χ3v) is 5.92. The maximum Gasteiger partial charge on any atom is 0.215 e. The van der Waals surface area contributed by atoms with Crippen LogP contribution < -0.4 is 5.32 Å². The molecular weight excluding hydrogens is 328 g/mol. The molecule has 1 aliphatic heterocycles. The summed E-state index contributed by atoms with van der Waals surface area (Å²) in [7, 11) is -1.35. The summed E-state index contributed by atoms with van der Waals surface area (Å²) in [6.45, 7) is 9.97. The Bertz CT molecular complexity index is 632. The van der Waals surface area contributed by atoms with E-state index < -0.39 is 10.0 Å². The summed E-state index contributed by atoms with van der Waals surface area (Å²) in [4.78, 5) is 0. The number of rotatable bonds is 7. The molecule has 7 nitrogen and oxygen atoms in total. The second-order valence-electron chi connectivity index (χ2n) is 6.94. The Morgan fingerprint density at radius 2 is 1.96 bits per heavy atom. The molecule has 2 heterocycles. The van der Waals surface area contributed by atoms with Crippen LogP contribution in [-0.2, 0) is 28.4 Å². The van der Waals surface area contributed by atoms with Crippen molar-refractivity contribution in [2.75, 3.05) is 25.4 Å². The lowest BCUT2D eigenvalue weighted by molar-refractivity contribution is -0.0440. The lowest BCUT2D eigenvalue weighted by atomic mass is 10.1. The number of aryl methyl sites for hydroxylation is 1. The van der Waals surface area contributed by atoms with Gasteiger partial charge in [-0.05, 0) is 19.8 Å². The SMILES string of the molecule is CC1CN(S(=O)(=O)CCNCc2cn(C)nc2C(C)C)CC(C)O1. The monoisotopic (exact) mass is 358 g/mol. The molecular formula is C16H30N4O3S. The van der Waals surface area contributed by atoms with Crippen LogP contribution in [-0.4, -0.2) is 60.1 Å². The van der Waals surface area contributed by atoms with Crippen LogP contribution in [0.4, 0.5) is 0 Å². The van der Waals surface area contributed by atoms with Crippen molar-refractivity contribution in [3.05, 3.63) is 17.5 Å².